The molecule has 122 valence electrons. The van der Waals surface area contributed by atoms with E-state index in [2.05, 4.69) is 42.6 Å². The maximum atomic E-state index is 5.79. The Hall–Kier alpha value is -2.81. The van der Waals surface area contributed by atoms with Gasteiger partial charge in [-0.3, -0.25) is 4.99 Å². The van der Waals surface area contributed by atoms with Crippen LogP contribution in [0.1, 0.15) is 31.1 Å². The number of aryl methyl sites for hydroxylation is 1. The molecule has 0 fully saturated rings. The van der Waals surface area contributed by atoms with Crippen LogP contribution in [0.2, 0.25) is 0 Å². The van der Waals surface area contributed by atoms with Crippen LogP contribution in [0.5, 0.6) is 11.5 Å². The van der Waals surface area contributed by atoms with Gasteiger partial charge in [0.1, 0.15) is 11.5 Å². The van der Waals surface area contributed by atoms with E-state index in [9.17, 15) is 0 Å². The van der Waals surface area contributed by atoms with E-state index in [1.54, 1.807) is 0 Å². The summed E-state index contributed by atoms with van der Waals surface area (Å²) in [4.78, 5) is 4.54. The van der Waals surface area contributed by atoms with Gasteiger partial charge in [0, 0.05) is 29.7 Å². The van der Waals surface area contributed by atoms with Crippen molar-refractivity contribution in [3.63, 3.8) is 0 Å². The number of benzene rings is 2. The zero-order valence-electron chi connectivity index (χ0n) is 14.3. The van der Waals surface area contributed by atoms with Crippen molar-refractivity contribution in [3.05, 3.63) is 78.1 Å². The molecule has 3 rings (SSSR count). The van der Waals surface area contributed by atoms with Crippen LogP contribution in [0.25, 0.3) is 0 Å². The van der Waals surface area contributed by atoms with E-state index in [4.69, 9.17) is 4.74 Å². The third kappa shape index (κ3) is 3.93. The smallest absolute Gasteiger partial charge is 0.127 e. The van der Waals surface area contributed by atoms with Crippen molar-refractivity contribution in [2.45, 2.75) is 26.8 Å². The minimum Gasteiger partial charge on any atom is -0.457 e. The quantitative estimate of drug-likeness (QED) is 0.536. The highest BCUT2D eigenvalue weighted by molar-refractivity contribution is 5.82. The van der Waals surface area contributed by atoms with Crippen molar-refractivity contribution in [2.75, 3.05) is 0 Å². The van der Waals surface area contributed by atoms with Crippen LogP contribution >= 0.6 is 0 Å². The first-order valence-electron chi connectivity index (χ1n) is 8.17. The lowest BCUT2D eigenvalue weighted by Crippen LogP contribution is -2.00. The average molecular weight is 318 g/mol. The van der Waals surface area contributed by atoms with Gasteiger partial charge in [0.25, 0.3) is 0 Å². The van der Waals surface area contributed by atoms with Gasteiger partial charge in [-0.25, -0.2) is 0 Å². The second-order valence-electron chi connectivity index (χ2n) is 6.08. The molecule has 0 aliphatic heterocycles. The molecule has 1 aromatic heterocycles. The second-order valence-corrected chi connectivity index (χ2v) is 6.08. The lowest BCUT2D eigenvalue weighted by Gasteiger charge is -2.08. The molecule has 3 nitrogen and oxygen atoms in total. The topological polar surface area (TPSA) is 26.5 Å². The summed E-state index contributed by atoms with van der Waals surface area (Å²) in [6, 6.07) is 20.2. The van der Waals surface area contributed by atoms with Crippen molar-refractivity contribution in [1.82, 2.24) is 4.57 Å². The molecule has 0 bridgehead atoms. The zero-order chi connectivity index (χ0) is 16.9. The Balaban J connectivity index is 1.68. The Morgan fingerprint density at radius 2 is 1.62 bits per heavy atom. The van der Waals surface area contributed by atoms with Gasteiger partial charge < -0.3 is 9.30 Å². The molecule has 0 N–H and O–H groups in total. The van der Waals surface area contributed by atoms with E-state index in [1.165, 1.54) is 5.69 Å². The Morgan fingerprint density at radius 1 is 0.958 bits per heavy atom. The SMILES string of the molecule is Cc1cc(C=Nc2ccc(Oc3ccccc3)cc2)cn1C(C)C. The van der Waals surface area contributed by atoms with Crippen LogP contribution in [0.3, 0.4) is 0 Å². The molecular formula is C21H22N2O. The molecule has 2 aromatic carbocycles. The van der Waals surface area contributed by atoms with Gasteiger partial charge in [-0.1, -0.05) is 18.2 Å². The lowest BCUT2D eigenvalue weighted by molar-refractivity contribution is 0.483. The largest absolute Gasteiger partial charge is 0.457 e. The summed E-state index contributed by atoms with van der Waals surface area (Å²) in [5.41, 5.74) is 3.27. The molecule has 0 unspecified atom stereocenters. The van der Waals surface area contributed by atoms with Crippen LogP contribution in [0.4, 0.5) is 5.69 Å². The molecule has 0 amide bonds. The minimum absolute atomic E-state index is 0.460. The van der Waals surface area contributed by atoms with Gasteiger partial charge in [0.2, 0.25) is 0 Å². The van der Waals surface area contributed by atoms with E-state index in [0.29, 0.717) is 6.04 Å². The number of aliphatic imine (C=N–C) groups is 1. The van der Waals surface area contributed by atoms with Crippen molar-refractivity contribution in [3.8, 4) is 11.5 Å². The molecule has 0 saturated heterocycles. The fraction of sp³-hybridized carbons (Fsp3) is 0.190. The first-order chi connectivity index (χ1) is 11.6. The molecule has 0 radical (unpaired) electrons. The monoisotopic (exact) mass is 318 g/mol. The number of ether oxygens (including phenoxy) is 1. The van der Waals surface area contributed by atoms with Crippen LogP contribution in [0.15, 0.2) is 71.9 Å². The van der Waals surface area contributed by atoms with Crippen molar-refractivity contribution < 1.29 is 4.74 Å². The summed E-state index contributed by atoms with van der Waals surface area (Å²) in [7, 11) is 0. The van der Waals surface area contributed by atoms with Gasteiger partial charge in [-0.05, 0) is 63.2 Å². The van der Waals surface area contributed by atoms with Gasteiger partial charge in [-0.2, -0.15) is 0 Å². The van der Waals surface area contributed by atoms with Crippen LogP contribution in [-0.2, 0) is 0 Å². The summed E-state index contributed by atoms with van der Waals surface area (Å²) in [6.45, 7) is 6.48. The lowest BCUT2D eigenvalue weighted by atomic mass is 10.3. The van der Waals surface area contributed by atoms with E-state index < -0.39 is 0 Å². The molecule has 0 spiro atoms. The minimum atomic E-state index is 0.460. The first-order valence-corrected chi connectivity index (χ1v) is 8.17. The summed E-state index contributed by atoms with van der Waals surface area (Å²) in [5.74, 6) is 1.64. The third-order valence-electron chi connectivity index (χ3n) is 3.81. The third-order valence-corrected chi connectivity index (χ3v) is 3.81. The molecule has 3 heteroatoms. The summed E-state index contributed by atoms with van der Waals surface area (Å²) in [6.07, 6.45) is 4.04. The van der Waals surface area contributed by atoms with Crippen LogP contribution < -0.4 is 4.74 Å². The highest BCUT2D eigenvalue weighted by Gasteiger charge is 2.03. The Bertz CT molecular complexity index is 815. The fourth-order valence-electron chi connectivity index (χ4n) is 2.62. The Morgan fingerprint density at radius 3 is 2.25 bits per heavy atom. The van der Waals surface area contributed by atoms with Crippen molar-refractivity contribution >= 4 is 11.9 Å². The van der Waals surface area contributed by atoms with Crippen LogP contribution in [0, 0.1) is 6.92 Å². The summed E-state index contributed by atoms with van der Waals surface area (Å²) >= 11 is 0. The number of para-hydroxylation sites is 1. The van der Waals surface area contributed by atoms with Gasteiger partial charge in [-0.15, -0.1) is 0 Å². The second kappa shape index (κ2) is 7.18. The van der Waals surface area contributed by atoms with Gasteiger partial charge >= 0.3 is 0 Å². The highest BCUT2D eigenvalue weighted by atomic mass is 16.5. The fourth-order valence-corrected chi connectivity index (χ4v) is 2.62. The number of hydrogen-bond acceptors (Lipinski definition) is 2. The molecule has 3 aromatic rings. The Kier molecular flexibility index (Phi) is 4.80. The van der Waals surface area contributed by atoms with Gasteiger partial charge in [0.15, 0.2) is 0 Å². The maximum Gasteiger partial charge on any atom is 0.127 e. The van der Waals surface area contributed by atoms with Crippen LogP contribution in [-0.4, -0.2) is 10.8 Å². The van der Waals surface area contributed by atoms with E-state index in [0.717, 1.165) is 22.7 Å². The predicted octanol–water partition coefficient (Wildman–Crippen LogP) is 5.92. The maximum absolute atomic E-state index is 5.79. The summed E-state index contributed by atoms with van der Waals surface area (Å²) < 4.78 is 8.03. The van der Waals surface area contributed by atoms with E-state index in [-0.39, 0.29) is 0 Å². The summed E-state index contributed by atoms with van der Waals surface area (Å²) in [5, 5.41) is 0. The molecule has 24 heavy (non-hydrogen) atoms. The molecular weight excluding hydrogens is 296 g/mol. The first kappa shape index (κ1) is 16.1. The Labute approximate surface area is 143 Å². The predicted molar refractivity (Wildman–Crippen MR) is 99.8 cm³/mol. The molecule has 0 aliphatic carbocycles. The average Bonchev–Trinajstić information content (AvgIpc) is 2.96. The number of nitrogens with zero attached hydrogens (tertiary/aromatic N) is 2. The number of rotatable bonds is 5. The van der Waals surface area contributed by atoms with Crippen molar-refractivity contribution in [2.24, 2.45) is 4.99 Å². The normalized spacial score (nSPS) is 11.3. The molecule has 0 aliphatic rings. The number of aromatic nitrogens is 1. The van der Waals surface area contributed by atoms with E-state index >= 15 is 0 Å². The molecule has 1 heterocycles. The van der Waals surface area contributed by atoms with Gasteiger partial charge in [0.05, 0.1) is 5.69 Å². The standard InChI is InChI=1S/C21H22N2O/c1-16(2)23-15-18(13-17(23)3)14-22-19-9-11-21(12-10-19)24-20-7-5-4-6-8-20/h4-16H,1-3H3. The molecule has 0 atom stereocenters. The number of hydrogen-bond donors (Lipinski definition) is 0. The van der Waals surface area contributed by atoms with E-state index in [1.807, 2.05) is 60.8 Å². The molecule has 0 saturated carbocycles. The van der Waals surface area contributed by atoms with Crippen molar-refractivity contribution in [1.29, 1.82) is 0 Å². The zero-order valence-corrected chi connectivity index (χ0v) is 14.3. The highest BCUT2D eigenvalue weighted by Crippen LogP contribution is 2.23.